The summed E-state index contributed by atoms with van der Waals surface area (Å²) in [7, 11) is 0. The maximum atomic E-state index is 13.5. The molecule has 0 bridgehead atoms. The van der Waals surface area contributed by atoms with Crippen molar-refractivity contribution in [2.75, 3.05) is 11.9 Å². The number of amides is 1. The van der Waals surface area contributed by atoms with Gasteiger partial charge in [-0.1, -0.05) is 67.9 Å². The van der Waals surface area contributed by atoms with Crippen LogP contribution in [0, 0.1) is 0 Å². The number of carbonyl (C=O) groups excluding carboxylic acids is 1. The fraction of sp³-hybridized carbons (Fsp3) is 0.269. The van der Waals surface area contributed by atoms with Gasteiger partial charge in [0.15, 0.2) is 0 Å². The van der Waals surface area contributed by atoms with E-state index in [1.807, 2.05) is 71.6 Å². The Balaban J connectivity index is 1.69. The normalized spacial score (nSPS) is 17.9. The molecule has 4 heteroatoms. The molecule has 0 aromatic heterocycles. The minimum absolute atomic E-state index is 0.0268. The number of hydrogen-bond acceptors (Lipinski definition) is 3. The van der Waals surface area contributed by atoms with Gasteiger partial charge in [-0.2, -0.15) is 0 Å². The van der Waals surface area contributed by atoms with E-state index in [-0.39, 0.29) is 5.91 Å². The summed E-state index contributed by atoms with van der Waals surface area (Å²) in [5.41, 5.74) is 2.99. The molecule has 30 heavy (non-hydrogen) atoms. The summed E-state index contributed by atoms with van der Waals surface area (Å²) in [5, 5.41) is 3.63. The lowest BCUT2D eigenvalue weighted by Gasteiger charge is -2.47. The Morgan fingerprint density at radius 2 is 1.63 bits per heavy atom. The van der Waals surface area contributed by atoms with Gasteiger partial charge in [-0.05, 0) is 48.7 Å². The number of anilines is 1. The van der Waals surface area contributed by atoms with E-state index < -0.39 is 5.66 Å². The molecule has 1 atom stereocenters. The summed E-state index contributed by atoms with van der Waals surface area (Å²) in [5.74, 6) is 0.881. The van der Waals surface area contributed by atoms with Crippen LogP contribution >= 0.6 is 0 Å². The molecular weight excluding hydrogens is 372 g/mol. The van der Waals surface area contributed by atoms with Gasteiger partial charge in [0.25, 0.3) is 5.91 Å². The number of nitrogens with zero attached hydrogens (tertiary/aromatic N) is 1. The Bertz CT molecular complexity index is 1000. The van der Waals surface area contributed by atoms with E-state index in [0.717, 1.165) is 42.0 Å². The highest BCUT2D eigenvalue weighted by Gasteiger charge is 2.42. The highest BCUT2D eigenvalue weighted by Crippen LogP contribution is 2.39. The fourth-order valence-electron chi connectivity index (χ4n) is 3.89. The van der Waals surface area contributed by atoms with Crippen molar-refractivity contribution >= 4 is 11.6 Å². The smallest absolute Gasteiger partial charge is 0.258 e. The van der Waals surface area contributed by atoms with Crippen LogP contribution in [-0.4, -0.2) is 17.4 Å². The molecule has 1 aliphatic heterocycles. The van der Waals surface area contributed by atoms with Gasteiger partial charge in [-0.3, -0.25) is 4.79 Å². The van der Waals surface area contributed by atoms with Crippen molar-refractivity contribution in [2.45, 2.75) is 38.9 Å². The molecule has 0 saturated heterocycles. The van der Waals surface area contributed by atoms with Crippen molar-refractivity contribution in [1.29, 1.82) is 0 Å². The van der Waals surface area contributed by atoms with Crippen molar-refractivity contribution in [3.63, 3.8) is 0 Å². The lowest BCUT2D eigenvalue weighted by Crippen LogP contribution is -2.55. The summed E-state index contributed by atoms with van der Waals surface area (Å²) >= 11 is 0. The fourth-order valence-corrected chi connectivity index (χ4v) is 3.89. The zero-order chi connectivity index (χ0) is 21.0. The van der Waals surface area contributed by atoms with Gasteiger partial charge in [0.2, 0.25) is 0 Å². The Kier molecular flexibility index (Phi) is 5.75. The molecular formula is C26H28N2O2. The summed E-state index contributed by atoms with van der Waals surface area (Å²) in [6.45, 7) is 5.46. The summed E-state index contributed by atoms with van der Waals surface area (Å²) in [6, 6.07) is 25.9. The monoisotopic (exact) mass is 400 g/mol. The third kappa shape index (κ3) is 3.90. The molecule has 154 valence electrons. The molecule has 0 spiro atoms. The summed E-state index contributed by atoms with van der Waals surface area (Å²) in [6.07, 6.45) is 2.15. The molecule has 3 aromatic rings. The minimum atomic E-state index is -0.677. The second kappa shape index (κ2) is 8.62. The van der Waals surface area contributed by atoms with Crippen LogP contribution in [0.2, 0.25) is 0 Å². The quantitative estimate of drug-likeness (QED) is 0.509. The lowest BCUT2D eigenvalue weighted by atomic mass is 9.93. The molecule has 0 saturated carbocycles. The molecule has 4 rings (SSSR count). The molecule has 1 aliphatic rings. The first-order valence-corrected chi connectivity index (χ1v) is 10.6. The van der Waals surface area contributed by atoms with E-state index in [2.05, 4.69) is 31.3 Å². The molecule has 1 unspecified atom stereocenters. The van der Waals surface area contributed by atoms with Gasteiger partial charge in [0, 0.05) is 12.2 Å². The van der Waals surface area contributed by atoms with Crippen molar-refractivity contribution in [3.05, 3.63) is 95.6 Å². The van der Waals surface area contributed by atoms with Gasteiger partial charge in [-0.25, -0.2) is 0 Å². The highest BCUT2D eigenvalue weighted by molar-refractivity contribution is 6.02. The van der Waals surface area contributed by atoms with Crippen LogP contribution in [0.1, 0.15) is 48.2 Å². The Morgan fingerprint density at radius 3 is 2.37 bits per heavy atom. The summed E-state index contributed by atoms with van der Waals surface area (Å²) in [4.78, 5) is 15.4. The van der Waals surface area contributed by atoms with Gasteiger partial charge in [0.05, 0.1) is 12.2 Å². The number of rotatable bonds is 7. The number of unbranched alkanes of at least 4 members (excludes halogenated alkanes) is 1. The number of para-hydroxylation sites is 1. The molecule has 3 aromatic carbocycles. The predicted molar refractivity (Wildman–Crippen MR) is 121 cm³/mol. The number of nitrogens with one attached hydrogen (secondary N) is 1. The van der Waals surface area contributed by atoms with Crippen molar-refractivity contribution in [2.24, 2.45) is 0 Å². The van der Waals surface area contributed by atoms with Crippen LogP contribution in [0.15, 0.2) is 78.9 Å². The maximum absolute atomic E-state index is 13.5. The van der Waals surface area contributed by atoms with E-state index in [1.54, 1.807) is 0 Å². The Labute approximate surface area is 178 Å². The number of carbonyl (C=O) groups is 1. The number of fused-ring (bicyclic) bond motifs is 1. The number of ether oxygens (including phenoxy) is 1. The van der Waals surface area contributed by atoms with Gasteiger partial charge < -0.3 is 15.0 Å². The van der Waals surface area contributed by atoms with E-state index in [0.29, 0.717) is 12.1 Å². The Hall–Kier alpha value is -3.27. The zero-order valence-electron chi connectivity index (χ0n) is 17.6. The van der Waals surface area contributed by atoms with Crippen LogP contribution < -0.4 is 10.1 Å². The van der Waals surface area contributed by atoms with E-state index in [9.17, 15) is 4.79 Å². The molecule has 0 fully saturated rings. The van der Waals surface area contributed by atoms with Crippen LogP contribution in [-0.2, 0) is 12.2 Å². The SMILES string of the molecule is CCCCOc1ccc(C2(C)Nc3ccccc3C(=O)N2Cc2ccccc2)cc1. The molecule has 0 radical (unpaired) electrons. The van der Waals surface area contributed by atoms with Crippen LogP contribution in [0.3, 0.4) is 0 Å². The van der Waals surface area contributed by atoms with Crippen LogP contribution in [0.4, 0.5) is 5.69 Å². The molecule has 0 aliphatic carbocycles. The van der Waals surface area contributed by atoms with E-state index >= 15 is 0 Å². The molecule has 1 amide bonds. The maximum Gasteiger partial charge on any atom is 0.258 e. The average molecular weight is 401 g/mol. The topological polar surface area (TPSA) is 41.6 Å². The van der Waals surface area contributed by atoms with Gasteiger partial charge in [-0.15, -0.1) is 0 Å². The zero-order valence-corrected chi connectivity index (χ0v) is 17.6. The minimum Gasteiger partial charge on any atom is -0.494 e. The Morgan fingerprint density at radius 1 is 0.933 bits per heavy atom. The first-order chi connectivity index (χ1) is 14.6. The van der Waals surface area contributed by atoms with Crippen LogP contribution in [0.25, 0.3) is 0 Å². The second-order valence-electron chi connectivity index (χ2n) is 7.85. The third-order valence-electron chi connectivity index (χ3n) is 5.69. The standard InChI is InChI=1S/C26H28N2O2/c1-3-4-18-30-22-16-14-21(15-17-22)26(2)27-24-13-9-8-12-23(24)25(29)28(26)19-20-10-6-5-7-11-20/h5-17,27H,3-4,18-19H2,1-2H3. The number of hydrogen-bond donors (Lipinski definition) is 1. The first-order valence-electron chi connectivity index (χ1n) is 10.6. The van der Waals surface area contributed by atoms with E-state index in [1.165, 1.54) is 0 Å². The highest BCUT2D eigenvalue weighted by atomic mass is 16.5. The second-order valence-corrected chi connectivity index (χ2v) is 7.85. The van der Waals surface area contributed by atoms with E-state index in [4.69, 9.17) is 4.74 Å². The average Bonchev–Trinajstić information content (AvgIpc) is 2.78. The van der Waals surface area contributed by atoms with Crippen molar-refractivity contribution in [1.82, 2.24) is 4.90 Å². The largest absolute Gasteiger partial charge is 0.494 e. The summed E-state index contributed by atoms with van der Waals surface area (Å²) < 4.78 is 5.82. The molecule has 1 N–H and O–H groups in total. The van der Waals surface area contributed by atoms with Crippen molar-refractivity contribution in [3.8, 4) is 5.75 Å². The predicted octanol–water partition coefficient (Wildman–Crippen LogP) is 5.81. The molecule has 4 nitrogen and oxygen atoms in total. The number of benzene rings is 3. The van der Waals surface area contributed by atoms with Crippen molar-refractivity contribution < 1.29 is 9.53 Å². The van der Waals surface area contributed by atoms with Gasteiger partial charge >= 0.3 is 0 Å². The molecule has 1 heterocycles. The van der Waals surface area contributed by atoms with Crippen LogP contribution in [0.5, 0.6) is 5.75 Å². The first kappa shape index (κ1) is 20.0. The third-order valence-corrected chi connectivity index (χ3v) is 5.69. The van der Waals surface area contributed by atoms with Gasteiger partial charge in [0.1, 0.15) is 11.4 Å². The lowest BCUT2D eigenvalue weighted by molar-refractivity contribution is 0.0509.